The number of amides is 1. The summed E-state index contributed by atoms with van der Waals surface area (Å²) in [5.74, 6) is 0.336. The molecule has 0 radical (unpaired) electrons. The molecule has 27 heavy (non-hydrogen) atoms. The van der Waals surface area contributed by atoms with E-state index in [2.05, 4.69) is 9.97 Å². The maximum Gasteiger partial charge on any atom is 0.260 e. The third-order valence-corrected chi connectivity index (χ3v) is 6.98. The van der Waals surface area contributed by atoms with Gasteiger partial charge in [0, 0.05) is 32.6 Å². The van der Waals surface area contributed by atoms with Crippen molar-refractivity contribution in [2.24, 2.45) is 0 Å². The van der Waals surface area contributed by atoms with Crippen LogP contribution in [0.3, 0.4) is 0 Å². The fourth-order valence-corrected chi connectivity index (χ4v) is 5.52. The SMILES string of the molecule is Cc1ccc(-c2csc3nc(CC(=O)N(C)Cc4cccs4)[nH]c(=O)c23)s1. The lowest BCUT2D eigenvalue weighted by Crippen LogP contribution is -2.28. The number of fused-ring (bicyclic) bond motifs is 1. The van der Waals surface area contributed by atoms with Gasteiger partial charge in [0.1, 0.15) is 10.7 Å². The summed E-state index contributed by atoms with van der Waals surface area (Å²) in [4.78, 5) is 38.2. The second kappa shape index (κ2) is 7.38. The Kier molecular flexibility index (Phi) is 4.94. The van der Waals surface area contributed by atoms with Crippen LogP contribution in [0.1, 0.15) is 15.6 Å². The molecule has 0 aliphatic carbocycles. The molecule has 0 unspecified atom stereocenters. The number of aromatic nitrogens is 2. The van der Waals surface area contributed by atoms with Crippen LogP contribution in [0.5, 0.6) is 0 Å². The molecular formula is C19H17N3O2S3. The van der Waals surface area contributed by atoms with Crippen molar-refractivity contribution >= 4 is 50.1 Å². The van der Waals surface area contributed by atoms with Crippen molar-refractivity contribution in [2.75, 3.05) is 7.05 Å². The molecule has 1 amide bonds. The van der Waals surface area contributed by atoms with E-state index in [0.717, 1.165) is 15.3 Å². The van der Waals surface area contributed by atoms with E-state index >= 15 is 0 Å². The fourth-order valence-electron chi connectivity index (χ4n) is 2.84. The highest BCUT2D eigenvalue weighted by Gasteiger charge is 2.17. The molecule has 4 rings (SSSR count). The summed E-state index contributed by atoms with van der Waals surface area (Å²) < 4.78 is 0. The average molecular weight is 416 g/mol. The molecule has 0 saturated heterocycles. The van der Waals surface area contributed by atoms with Gasteiger partial charge in [0.05, 0.1) is 18.4 Å². The number of aromatic amines is 1. The second-order valence-electron chi connectivity index (χ2n) is 6.26. The number of likely N-dealkylation sites (N-methyl/N-ethyl adjacent to an activating group) is 1. The predicted molar refractivity (Wildman–Crippen MR) is 113 cm³/mol. The first-order valence-corrected chi connectivity index (χ1v) is 10.9. The highest BCUT2D eigenvalue weighted by atomic mass is 32.1. The van der Waals surface area contributed by atoms with E-state index in [-0.39, 0.29) is 17.9 Å². The van der Waals surface area contributed by atoms with Crippen LogP contribution in [0.15, 0.2) is 39.8 Å². The third-order valence-electron chi connectivity index (χ3n) is 4.22. The molecule has 0 atom stereocenters. The Balaban J connectivity index is 1.58. The quantitative estimate of drug-likeness (QED) is 0.529. The van der Waals surface area contributed by atoms with Gasteiger partial charge < -0.3 is 9.88 Å². The Morgan fingerprint density at radius 2 is 2.11 bits per heavy atom. The predicted octanol–water partition coefficient (Wildman–Crippen LogP) is 4.28. The molecule has 0 aliphatic heterocycles. The molecular weight excluding hydrogens is 398 g/mol. The van der Waals surface area contributed by atoms with Crippen molar-refractivity contribution in [3.8, 4) is 10.4 Å². The molecule has 4 aromatic heterocycles. The van der Waals surface area contributed by atoms with E-state index in [0.29, 0.717) is 22.6 Å². The molecule has 0 spiro atoms. The number of rotatable bonds is 5. The molecule has 0 fully saturated rings. The topological polar surface area (TPSA) is 66.1 Å². The lowest BCUT2D eigenvalue weighted by atomic mass is 10.2. The number of hydrogen-bond donors (Lipinski definition) is 1. The highest BCUT2D eigenvalue weighted by Crippen LogP contribution is 2.34. The lowest BCUT2D eigenvalue weighted by Gasteiger charge is -2.15. The number of aryl methyl sites for hydroxylation is 1. The van der Waals surface area contributed by atoms with Crippen LogP contribution in [0.25, 0.3) is 20.7 Å². The number of hydrogen-bond acceptors (Lipinski definition) is 6. The van der Waals surface area contributed by atoms with E-state index in [1.807, 2.05) is 41.9 Å². The molecule has 5 nitrogen and oxygen atoms in total. The minimum absolute atomic E-state index is 0.0726. The van der Waals surface area contributed by atoms with Gasteiger partial charge in [-0.2, -0.15) is 0 Å². The molecule has 0 bridgehead atoms. The van der Waals surface area contributed by atoms with Crippen LogP contribution in [-0.2, 0) is 17.8 Å². The van der Waals surface area contributed by atoms with Gasteiger partial charge in [-0.1, -0.05) is 6.07 Å². The van der Waals surface area contributed by atoms with Crippen LogP contribution >= 0.6 is 34.0 Å². The average Bonchev–Trinajstić information content (AvgIpc) is 3.35. The number of thiophene rings is 3. The molecule has 0 aliphatic rings. The van der Waals surface area contributed by atoms with Crippen molar-refractivity contribution in [3.05, 3.63) is 61.0 Å². The van der Waals surface area contributed by atoms with Gasteiger partial charge >= 0.3 is 0 Å². The van der Waals surface area contributed by atoms with Crippen molar-refractivity contribution in [1.82, 2.24) is 14.9 Å². The summed E-state index contributed by atoms with van der Waals surface area (Å²) in [7, 11) is 1.76. The van der Waals surface area contributed by atoms with Crippen LogP contribution in [0.2, 0.25) is 0 Å². The number of carbonyl (C=O) groups is 1. The Labute approximate surface area is 167 Å². The zero-order chi connectivity index (χ0) is 19.0. The Hall–Kier alpha value is -2.29. The van der Waals surface area contributed by atoms with Crippen LogP contribution in [0, 0.1) is 6.92 Å². The number of nitrogens with zero attached hydrogens (tertiary/aromatic N) is 2. The summed E-state index contributed by atoms with van der Waals surface area (Å²) in [5.41, 5.74) is 0.723. The maximum atomic E-state index is 12.7. The van der Waals surface area contributed by atoms with Crippen molar-refractivity contribution in [1.29, 1.82) is 0 Å². The molecule has 0 saturated carbocycles. The minimum Gasteiger partial charge on any atom is -0.340 e. The van der Waals surface area contributed by atoms with Crippen LogP contribution in [0.4, 0.5) is 0 Å². The monoisotopic (exact) mass is 415 g/mol. The van der Waals surface area contributed by atoms with Gasteiger partial charge in [0.25, 0.3) is 5.56 Å². The largest absolute Gasteiger partial charge is 0.340 e. The Bertz CT molecular complexity index is 1150. The highest BCUT2D eigenvalue weighted by molar-refractivity contribution is 7.19. The Morgan fingerprint density at radius 3 is 2.81 bits per heavy atom. The van der Waals surface area contributed by atoms with E-state index in [1.165, 1.54) is 16.2 Å². The molecule has 4 heterocycles. The lowest BCUT2D eigenvalue weighted by molar-refractivity contribution is -0.129. The normalized spacial score (nSPS) is 11.2. The van der Waals surface area contributed by atoms with E-state index < -0.39 is 0 Å². The third kappa shape index (κ3) is 3.73. The van der Waals surface area contributed by atoms with Gasteiger partial charge in [-0.05, 0) is 30.5 Å². The van der Waals surface area contributed by atoms with E-state index in [4.69, 9.17) is 0 Å². The standard InChI is InChI=1S/C19H17N3O2S3/c1-11-5-6-14(27-11)13-10-26-19-17(13)18(24)20-15(21-19)8-16(23)22(2)9-12-4-3-7-25-12/h3-7,10H,8-9H2,1-2H3,(H,20,21,24). The Morgan fingerprint density at radius 1 is 1.26 bits per heavy atom. The van der Waals surface area contributed by atoms with Crippen molar-refractivity contribution < 1.29 is 4.79 Å². The zero-order valence-corrected chi connectivity index (χ0v) is 17.3. The number of H-pyrrole nitrogens is 1. The summed E-state index contributed by atoms with van der Waals surface area (Å²) in [6, 6.07) is 8.04. The van der Waals surface area contributed by atoms with Crippen LogP contribution < -0.4 is 5.56 Å². The van der Waals surface area contributed by atoms with Gasteiger partial charge in [0.2, 0.25) is 5.91 Å². The van der Waals surface area contributed by atoms with Crippen LogP contribution in [-0.4, -0.2) is 27.8 Å². The zero-order valence-electron chi connectivity index (χ0n) is 14.8. The van der Waals surface area contributed by atoms with E-state index in [1.54, 1.807) is 34.6 Å². The summed E-state index contributed by atoms with van der Waals surface area (Å²) in [6.45, 7) is 2.60. The maximum absolute atomic E-state index is 12.7. The number of nitrogens with one attached hydrogen (secondary N) is 1. The summed E-state index contributed by atoms with van der Waals surface area (Å²) in [5, 5.41) is 4.56. The van der Waals surface area contributed by atoms with E-state index in [9.17, 15) is 9.59 Å². The second-order valence-corrected chi connectivity index (χ2v) is 9.44. The molecule has 1 N–H and O–H groups in total. The summed E-state index contributed by atoms with van der Waals surface area (Å²) in [6.07, 6.45) is 0.0817. The molecule has 138 valence electrons. The van der Waals surface area contributed by atoms with Gasteiger partial charge in [-0.3, -0.25) is 9.59 Å². The van der Waals surface area contributed by atoms with Gasteiger partial charge in [-0.25, -0.2) is 4.98 Å². The van der Waals surface area contributed by atoms with Gasteiger partial charge in [0.15, 0.2) is 0 Å². The first kappa shape index (κ1) is 18.1. The molecule has 4 aromatic rings. The number of carbonyl (C=O) groups excluding carboxylic acids is 1. The fraction of sp³-hybridized carbons (Fsp3) is 0.211. The smallest absolute Gasteiger partial charge is 0.260 e. The van der Waals surface area contributed by atoms with Gasteiger partial charge in [-0.15, -0.1) is 34.0 Å². The van der Waals surface area contributed by atoms with Crippen molar-refractivity contribution in [2.45, 2.75) is 19.9 Å². The molecule has 8 heteroatoms. The minimum atomic E-state index is -0.189. The summed E-state index contributed by atoms with van der Waals surface area (Å²) >= 11 is 4.71. The first-order valence-electron chi connectivity index (χ1n) is 8.35. The molecule has 0 aromatic carbocycles. The first-order chi connectivity index (χ1) is 13.0. The van der Waals surface area contributed by atoms with Crippen molar-refractivity contribution in [3.63, 3.8) is 0 Å².